The summed E-state index contributed by atoms with van der Waals surface area (Å²) >= 11 is 0. The van der Waals surface area contributed by atoms with Crippen molar-refractivity contribution < 1.29 is 22.8 Å². The highest BCUT2D eigenvalue weighted by molar-refractivity contribution is 5.73. The van der Waals surface area contributed by atoms with Gasteiger partial charge in [0.05, 0.1) is 11.6 Å². The van der Waals surface area contributed by atoms with Crippen LogP contribution in [0.15, 0.2) is 36.4 Å². The van der Waals surface area contributed by atoms with Crippen LogP contribution in [0.3, 0.4) is 0 Å². The summed E-state index contributed by atoms with van der Waals surface area (Å²) in [6, 6.07) is 9.78. The van der Waals surface area contributed by atoms with Gasteiger partial charge in [0.15, 0.2) is 0 Å². The van der Waals surface area contributed by atoms with Crippen LogP contribution >= 0.6 is 0 Å². The van der Waals surface area contributed by atoms with E-state index in [1.165, 1.54) is 22.8 Å². The first kappa shape index (κ1) is 31.2. The predicted molar refractivity (Wildman–Crippen MR) is 146 cm³/mol. The molecule has 0 saturated heterocycles. The van der Waals surface area contributed by atoms with Crippen LogP contribution in [0.4, 0.5) is 18.0 Å². The van der Waals surface area contributed by atoms with Crippen molar-refractivity contribution in [1.29, 1.82) is 0 Å². The van der Waals surface area contributed by atoms with Crippen molar-refractivity contribution in [3.05, 3.63) is 69.8 Å². The van der Waals surface area contributed by atoms with E-state index in [4.69, 9.17) is 5.73 Å². The fraction of sp³-hybridized carbons (Fsp3) is 0.533. The number of nitrogens with one attached hydrogen (secondary N) is 2. The van der Waals surface area contributed by atoms with Crippen molar-refractivity contribution in [3.63, 3.8) is 0 Å². The zero-order valence-corrected chi connectivity index (χ0v) is 23.6. The Morgan fingerprint density at radius 2 is 1.58 bits per heavy atom. The Bertz CT molecular complexity index is 1130. The summed E-state index contributed by atoms with van der Waals surface area (Å²) in [5.74, 6) is 0.0581. The third-order valence-electron chi connectivity index (χ3n) is 6.60. The molecule has 4 N–H and O–H groups in total. The first-order chi connectivity index (χ1) is 17.4. The number of primary amides is 1. The van der Waals surface area contributed by atoms with Crippen LogP contribution in [0.1, 0.15) is 101 Å². The number of aryl methyl sites for hydroxylation is 2. The van der Waals surface area contributed by atoms with Crippen molar-refractivity contribution in [2.24, 2.45) is 11.1 Å². The molecule has 0 fully saturated rings. The molecule has 0 radical (unpaired) electrons. The van der Waals surface area contributed by atoms with E-state index in [2.05, 4.69) is 49.6 Å². The SMILES string of the molecule is CC(=O)NC1CCc2cc(C(C)(C)C)ccc21.CC(C)(C)CCc1cc(C(F)(F)F)ccc1CNC(N)=O. The number of hydrogen-bond acceptors (Lipinski definition) is 2. The van der Waals surface area contributed by atoms with Crippen molar-refractivity contribution in [1.82, 2.24) is 10.6 Å². The summed E-state index contributed by atoms with van der Waals surface area (Å²) in [6.07, 6.45) is -1.00. The largest absolute Gasteiger partial charge is 0.416 e. The summed E-state index contributed by atoms with van der Waals surface area (Å²) in [5.41, 5.74) is 9.87. The molecule has 1 aliphatic carbocycles. The number of nitrogens with two attached hydrogens (primary N) is 1. The van der Waals surface area contributed by atoms with Gasteiger partial charge in [-0.2, -0.15) is 13.2 Å². The lowest BCUT2D eigenvalue weighted by molar-refractivity contribution is -0.137. The number of amides is 3. The number of hydrogen-bond donors (Lipinski definition) is 3. The number of carbonyl (C=O) groups excluding carboxylic acids is 2. The van der Waals surface area contributed by atoms with E-state index in [1.807, 2.05) is 20.8 Å². The van der Waals surface area contributed by atoms with Crippen molar-refractivity contribution in [2.75, 3.05) is 0 Å². The van der Waals surface area contributed by atoms with E-state index < -0.39 is 17.8 Å². The lowest BCUT2D eigenvalue weighted by Crippen LogP contribution is -2.29. The smallest absolute Gasteiger partial charge is 0.352 e. The number of urea groups is 1. The van der Waals surface area contributed by atoms with E-state index in [0.29, 0.717) is 17.5 Å². The van der Waals surface area contributed by atoms with E-state index in [1.54, 1.807) is 6.92 Å². The first-order valence-corrected chi connectivity index (χ1v) is 13.0. The van der Waals surface area contributed by atoms with Gasteiger partial charge in [0.1, 0.15) is 0 Å². The Kier molecular flexibility index (Phi) is 10.0. The maximum atomic E-state index is 12.8. The molecule has 0 aliphatic heterocycles. The van der Waals surface area contributed by atoms with Gasteiger partial charge in [-0.25, -0.2) is 4.79 Å². The molecule has 3 rings (SSSR count). The normalized spacial score (nSPS) is 15.3. The zero-order valence-electron chi connectivity index (χ0n) is 23.6. The Morgan fingerprint density at radius 3 is 2.11 bits per heavy atom. The Morgan fingerprint density at radius 1 is 0.947 bits per heavy atom. The molecule has 5 nitrogen and oxygen atoms in total. The summed E-state index contributed by atoms with van der Waals surface area (Å²) in [6.45, 7) is 14.5. The number of benzene rings is 2. The number of carbonyl (C=O) groups is 2. The van der Waals surface area contributed by atoms with Crippen LogP contribution in [0.5, 0.6) is 0 Å². The highest BCUT2D eigenvalue weighted by Crippen LogP contribution is 2.35. The number of rotatable bonds is 5. The second kappa shape index (κ2) is 12.2. The van der Waals surface area contributed by atoms with E-state index in [-0.39, 0.29) is 29.3 Å². The van der Waals surface area contributed by atoms with Gasteiger partial charge in [-0.3, -0.25) is 4.79 Å². The molecule has 38 heavy (non-hydrogen) atoms. The second-order valence-corrected chi connectivity index (χ2v) is 12.2. The lowest BCUT2D eigenvalue weighted by atomic mass is 9.85. The molecule has 0 spiro atoms. The molecule has 2 aromatic rings. The number of halogens is 3. The number of alkyl halides is 3. The van der Waals surface area contributed by atoms with Crippen LogP contribution < -0.4 is 16.4 Å². The average molecular weight is 534 g/mol. The monoisotopic (exact) mass is 533 g/mol. The van der Waals surface area contributed by atoms with Crippen LogP contribution in [-0.4, -0.2) is 11.9 Å². The first-order valence-electron chi connectivity index (χ1n) is 13.0. The fourth-order valence-electron chi connectivity index (χ4n) is 4.38. The molecule has 0 aromatic heterocycles. The molecule has 0 heterocycles. The minimum Gasteiger partial charge on any atom is -0.352 e. The third kappa shape index (κ3) is 9.69. The average Bonchev–Trinajstić information content (AvgIpc) is 3.16. The molecule has 3 amide bonds. The molecule has 1 unspecified atom stereocenters. The minimum absolute atomic E-state index is 0.0165. The van der Waals surface area contributed by atoms with Crippen LogP contribution in [0, 0.1) is 5.41 Å². The quantitative estimate of drug-likeness (QED) is 0.388. The Hall–Kier alpha value is -3.03. The Balaban J connectivity index is 0.000000272. The summed E-state index contributed by atoms with van der Waals surface area (Å²) in [4.78, 5) is 21.9. The molecule has 210 valence electrons. The van der Waals surface area contributed by atoms with Gasteiger partial charge in [-0.1, -0.05) is 65.8 Å². The highest BCUT2D eigenvalue weighted by Gasteiger charge is 2.31. The van der Waals surface area contributed by atoms with Gasteiger partial charge in [-0.15, -0.1) is 0 Å². The van der Waals surface area contributed by atoms with Gasteiger partial charge in [0.25, 0.3) is 0 Å². The Labute approximate surface area is 224 Å². The van der Waals surface area contributed by atoms with Gasteiger partial charge >= 0.3 is 12.2 Å². The maximum absolute atomic E-state index is 12.8. The molecule has 1 aliphatic rings. The van der Waals surface area contributed by atoms with Gasteiger partial charge in [0.2, 0.25) is 5.91 Å². The van der Waals surface area contributed by atoms with E-state index in [0.717, 1.165) is 31.4 Å². The van der Waals surface area contributed by atoms with Crippen molar-refractivity contribution in [3.8, 4) is 0 Å². The molecular formula is C30H42F3N3O2. The van der Waals surface area contributed by atoms with E-state index in [9.17, 15) is 22.8 Å². The second-order valence-electron chi connectivity index (χ2n) is 12.2. The number of fused-ring (bicyclic) bond motifs is 1. The fourth-order valence-corrected chi connectivity index (χ4v) is 4.38. The van der Waals surface area contributed by atoms with Gasteiger partial charge in [-0.05, 0) is 76.5 Å². The van der Waals surface area contributed by atoms with E-state index >= 15 is 0 Å². The molecule has 1 atom stereocenters. The molecule has 0 bridgehead atoms. The van der Waals surface area contributed by atoms with Gasteiger partial charge < -0.3 is 16.4 Å². The van der Waals surface area contributed by atoms with Crippen LogP contribution in [0.25, 0.3) is 0 Å². The zero-order chi connectivity index (χ0) is 28.9. The topological polar surface area (TPSA) is 84.2 Å². The summed E-state index contributed by atoms with van der Waals surface area (Å²) < 4.78 is 38.4. The molecule has 8 heteroatoms. The maximum Gasteiger partial charge on any atom is 0.416 e. The van der Waals surface area contributed by atoms with Crippen molar-refractivity contribution in [2.45, 2.75) is 98.3 Å². The lowest BCUT2D eigenvalue weighted by Gasteiger charge is -2.20. The van der Waals surface area contributed by atoms with Crippen LogP contribution in [0.2, 0.25) is 0 Å². The molecular weight excluding hydrogens is 491 g/mol. The summed E-state index contributed by atoms with van der Waals surface area (Å²) in [5, 5.41) is 5.43. The van der Waals surface area contributed by atoms with Crippen LogP contribution in [-0.2, 0) is 35.8 Å². The van der Waals surface area contributed by atoms with Gasteiger partial charge in [0, 0.05) is 13.5 Å². The standard InChI is InChI=1S/C15H21F3N2O.C15H21NO/c1-14(2,3)7-6-10-8-12(15(16,17)18)5-4-11(10)9-20-13(19)21;1-10(17)16-14-8-5-11-9-12(15(2,3)4)6-7-13(11)14/h4-5,8H,6-7,9H2,1-3H3,(H3,19,20,21);6-7,9,14H,5,8H2,1-4H3,(H,16,17). The molecule has 2 aromatic carbocycles. The highest BCUT2D eigenvalue weighted by atomic mass is 19.4. The van der Waals surface area contributed by atoms with Crippen molar-refractivity contribution >= 4 is 11.9 Å². The predicted octanol–water partition coefficient (Wildman–Crippen LogP) is 6.96. The summed E-state index contributed by atoms with van der Waals surface area (Å²) in [7, 11) is 0. The molecule has 0 saturated carbocycles. The third-order valence-corrected chi connectivity index (χ3v) is 6.60. The minimum atomic E-state index is -4.37.